The Balaban J connectivity index is 1.71. The Morgan fingerprint density at radius 2 is 1.61 bits per heavy atom. The molecule has 2 amide bonds. The lowest BCUT2D eigenvalue weighted by atomic mass is 10.1. The van der Waals surface area contributed by atoms with E-state index in [4.69, 9.17) is 9.47 Å². The van der Waals surface area contributed by atoms with E-state index < -0.39 is 17.6 Å². The van der Waals surface area contributed by atoms with E-state index in [0.717, 1.165) is 37.8 Å². The topological polar surface area (TPSA) is 76.7 Å². The van der Waals surface area contributed by atoms with E-state index in [1.165, 1.54) is 32.4 Å². The van der Waals surface area contributed by atoms with Gasteiger partial charge in [0.1, 0.15) is 0 Å². The van der Waals surface area contributed by atoms with E-state index in [1.54, 1.807) is 6.07 Å². The SMILES string of the molecule is COc1cc(NC(=O)C2CCCC2)c(C(=O)NCCc2ccc(C(F)(F)F)cc2)cc1OC. The third-order valence-electron chi connectivity index (χ3n) is 5.73. The van der Waals surface area contributed by atoms with Gasteiger partial charge in [0.05, 0.1) is 31.0 Å². The molecular weight excluding hydrogens is 437 g/mol. The van der Waals surface area contributed by atoms with Crippen molar-refractivity contribution in [3.63, 3.8) is 0 Å². The summed E-state index contributed by atoms with van der Waals surface area (Å²) in [6.45, 7) is 0.203. The minimum atomic E-state index is -4.39. The number of hydrogen-bond donors (Lipinski definition) is 2. The molecule has 1 saturated carbocycles. The van der Waals surface area contributed by atoms with Crippen LogP contribution in [0.3, 0.4) is 0 Å². The Kier molecular flexibility index (Phi) is 7.84. The molecule has 0 radical (unpaired) electrons. The average Bonchev–Trinajstić information content (AvgIpc) is 3.33. The quantitative estimate of drug-likeness (QED) is 0.587. The summed E-state index contributed by atoms with van der Waals surface area (Å²) in [4.78, 5) is 25.6. The first-order valence-electron chi connectivity index (χ1n) is 10.7. The van der Waals surface area contributed by atoms with Gasteiger partial charge in [-0.05, 0) is 43.0 Å². The highest BCUT2D eigenvalue weighted by molar-refractivity contribution is 6.05. The summed E-state index contributed by atoms with van der Waals surface area (Å²) >= 11 is 0. The van der Waals surface area contributed by atoms with Gasteiger partial charge in [0, 0.05) is 18.5 Å². The molecule has 0 spiro atoms. The molecule has 0 aliphatic heterocycles. The van der Waals surface area contributed by atoms with E-state index in [9.17, 15) is 22.8 Å². The number of halogens is 3. The molecule has 0 unspecified atom stereocenters. The monoisotopic (exact) mass is 464 g/mol. The van der Waals surface area contributed by atoms with E-state index in [0.29, 0.717) is 29.2 Å². The maximum absolute atomic E-state index is 12.9. The second-order valence-corrected chi connectivity index (χ2v) is 7.92. The van der Waals surface area contributed by atoms with Gasteiger partial charge in [-0.25, -0.2) is 0 Å². The summed E-state index contributed by atoms with van der Waals surface area (Å²) in [6, 6.07) is 7.86. The van der Waals surface area contributed by atoms with E-state index in [1.807, 2.05) is 0 Å². The predicted molar refractivity (Wildman–Crippen MR) is 118 cm³/mol. The number of methoxy groups -OCH3 is 2. The van der Waals surface area contributed by atoms with Crippen molar-refractivity contribution >= 4 is 17.5 Å². The first kappa shape index (κ1) is 24.4. The molecule has 3 rings (SSSR count). The van der Waals surface area contributed by atoms with Gasteiger partial charge in [-0.15, -0.1) is 0 Å². The molecule has 0 bridgehead atoms. The van der Waals surface area contributed by atoms with Crippen molar-refractivity contribution in [3.05, 3.63) is 53.1 Å². The highest BCUT2D eigenvalue weighted by Gasteiger charge is 2.30. The lowest BCUT2D eigenvalue weighted by Crippen LogP contribution is -2.28. The number of rotatable bonds is 8. The van der Waals surface area contributed by atoms with Crippen LogP contribution in [0, 0.1) is 5.92 Å². The zero-order valence-electron chi connectivity index (χ0n) is 18.6. The molecular formula is C24H27F3N2O4. The summed E-state index contributed by atoms with van der Waals surface area (Å²) in [5, 5.41) is 5.60. The molecule has 33 heavy (non-hydrogen) atoms. The summed E-state index contributed by atoms with van der Waals surface area (Å²) in [6.07, 6.45) is -0.412. The van der Waals surface area contributed by atoms with Gasteiger partial charge in [0.25, 0.3) is 5.91 Å². The van der Waals surface area contributed by atoms with Crippen LogP contribution in [0.25, 0.3) is 0 Å². The van der Waals surface area contributed by atoms with E-state index >= 15 is 0 Å². The van der Waals surface area contributed by atoms with Crippen LogP contribution in [0.5, 0.6) is 11.5 Å². The van der Waals surface area contributed by atoms with Gasteiger partial charge in [-0.1, -0.05) is 25.0 Å². The van der Waals surface area contributed by atoms with Gasteiger partial charge < -0.3 is 20.1 Å². The summed E-state index contributed by atoms with van der Waals surface area (Å²) in [5.74, 6) is 0.0431. The minimum absolute atomic E-state index is 0.0892. The van der Waals surface area contributed by atoms with Gasteiger partial charge in [0.2, 0.25) is 5.91 Å². The fourth-order valence-electron chi connectivity index (χ4n) is 3.87. The Bertz CT molecular complexity index is 984. The molecule has 1 fully saturated rings. The van der Waals surface area contributed by atoms with Crippen molar-refractivity contribution in [2.75, 3.05) is 26.1 Å². The van der Waals surface area contributed by atoms with Crippen LogP contribution in [-0.4, -0.2) is 32.6 Å². The van der Waals surface area contributed by atoms with E-state index in [-0.39, 0.29) is 23.9 Å². The van der Waals surface area contributed by atoms with Crippen molar-refractivity contribution in [1.82, 2.24) is 5.32 Å². The number of anilines is 1. The third-order valence-corrected chi connectivity index (χ3v) is 5.73. The minimum Gasteiger partial charge on any atom is -0.493 e. The highest BCUT2D eigenvalue weighted by Crippen LogP contribution is 2.35. The molecule has 1 aliphatic rings. The smallest absolute Gasteiger partial charge is 0.416 e. The maximum Gasteiger partial charge on any atom is 0.416 e. The molecule has 0 heterocycles. The van der Waals surface area contributed by atoms with Crippen LogP contribution in [-0.2, 0) is 17.4 Å². The Hall–Kier alpha value is -3.23. The number of nitrogens with one attached hydrogen (secondary N) is 2. The standard InChI is InChI=1S/C24H27F3N2O4/c1-32-20-13-18(19(14-21(20)33-2)29-22(30)16-5-3-4-6-16)23(31)28-12-11-15-7-9-17(10-8-15)24(25,26)27/h7-10,13-14,16H,3-6,11-12H2,1-2H3,(H,28,31)(H,29,30). The Morgan fingerprint density at radius 3 is 2.18 bits per heavy atom. The van der Waals surface area contributed by atoms with Crippen LogP contribution >= 0.6 is 0 Å². The van der Waals surface area contributed by atoms with Crippen molar-refractivity contribution in [1.29, 1.82) is 0 Å². The van der Waals surface area contributed by atoms with Crippen molar-refractivity contribution < 1.29 is 32.2 Å². The van der Waals surface area contributed by atoms with Crippen LogP contribution in [0.15, 0.2) is 36.4 Å². The number of carbonyl (C=O) groups is 2. The lowest BCUT2D eigenvalue weighted by molar-refractivity contribution is -0.137. The number of benzene rings is 2. The Morgan fingerprint density at radius 1 is 1.00 bits per heavy atom. The molecule has 178 valence electrons. The number of amides is 2. The normalized spacial score (nSPS) is 14.1. The zero-order valence-corrected chi connectivity index (χ0v) is 18.6. The molecule has 6 nitrogen and oxygen atoms in total. The largest absolute Gasteiger partial charge is 0.493 e. The first-order valence-corrected chi connectivity index (χ1v) is 10.7. The molecule has 0 atom stereocenters. The summed E-state index contributed by atoms with van der Waals surface area (Å²) < 4.78 is 48.7. The number of carbonyl (C=O) groups excluding carboxylic acids is 2. The van der Waals surface area contributed by atoms with Gasteiger partial charge in [0.15, 0.2) is 11.5 Å². The molecule has 2 aromatic carbocycles. The second-order valence-electron chi connectivity index (χ2n) is 7.92. The maximum atomic E-state index is 12.9. The van der Waals surface area contributed by atoms with Crippen LogP contribution < -0.4 is 20.1 Å². The molecule has 9 heteroatoms. The zero-order chi connectivity index (χ0) is 24.0. The second kappa shape index (κ2) is 10.6. The molecule has 0 saturated heterocycles. The number of hydrogen-bond acceptors (Lipinski definition) is 4. The first-order chi connectivity index (χ1) is 15.7. The molecule has 2 N–H and O–H groups in total. The van der Waals surface area contributed by atoms with Crippen LogP contribution in [0.4, 0.5) is 18.9 Å². The van der Waals surface area contributed by atoms with E-state index in [2.05, 4.69) is 10.6 Å². The van der Waals surface area contributed by atoms with Gasteiger partial charge >= 0.3 is 6.18 Å². The van der Waals surface area contributed by atoms with Crippen LogP contribution in [0.2, 0.25) is 0 Å². The highest BCUT2D eigenvalue weighted by atomic mass is 19.4. The predicted octanol–water partition coefficient (Wildman–Crippen LogP) is 4.82. The fourth-order valence-corrected chi connectivity index (χ4v) is 3.87. The van der Waals surface area contributed by atoms with Crippen molar-refractivity contribution in [2.45, 2.75) is 38.3 Å². The number of alkyl halides is 3. The summed E-state index contributed by atoms with van der Waals surface area (Å²) in [5.41, 5.74) is 0.469. The third kappa shape index (κ3) is 6.18. The summed E-state index contributed by atoms with van der Waals surface area (Å²) in [7, 11) is 2.91. The lowest BCUT2D eigenvalue weighted by Gasteiger charge is -2.17. The van der Waals surface area contributed by atoms with Crippen molar-refractivity contribution in [3.8, 4) is 11.5 Å². The van der Waals surface area contributed by atoms with Crippen LogP contribution in [0.1, 0.15) is 47.2 Å². The Labute approximate surface area is 190 Å². The molecule has 1 aliphatic carbocycles. The van der Waals surface area contributed by atoms with Crippen molar-refractivity contribution in [2.24, 2.45) is 5.92 Å². The molecule has 2 aromatic rings. The fraction of sp³-hybridized carbons (Fsp3) is 0.417. The number of ether oxygens (including phenoxy) is 2. The van der Waals surface area contributed by atoms with Gasteiger partial charge in [-0.3, -0.25) is 9.59 Å². The average molecular weight is 464 g/mol. The molecule has 0 aromatic heterocycles. The van der Waals surface area contributed by atoms with Gasteiger partial charge in [-0.2, -0.15) is 13.2 Å².